The van der Waals surface area contributed by atoms with Crippen LogP contribution in [0.4, 0.5) is 0 Å². The molecule has 1 aromatic carbocycles. The summed E-state index contributed by atoms with van der Waals surface area (Å²) in [6.07, 6.45) is 8.43. The Morgan fingerprint density at radius 3 is 2.90 bits per heavy atom. The average molecular weight is 438 g/mol. The number of imidazole rings is 1. The fraction of sp³-hybridized carbons (Fsp3) is 0.304. The van der Waals surface area contributed by atoms with Crippen LogP contribution in [0.1, 0.15) is 60.3 Å². The monoisotopic (exact) mass is 437 g/mol. The van der Waals surface area contributed by atoms with Crippen LogP contribution in [0.5, 0.6) is 0 Å². The van der Waals surface area contributed by atoms with Crippen molar-refractivity contribution in [1.29, 1.82) is 0 Å². The Morgan fingerprint density at radius 2 is 2.10 bits per heavy atom. The number of oxazole rings is 1. The number of H-pyrrole nitrogens is 1. The third-order valence-electron chi connectivity index (χ3n) is 5.24. The molecule has 0 aliphatic heterocycles. The Morgan fingerprint density at radius 1 is 1.23 bits per heavy atom. The maximum Gasteiger partial charge on any atom is 0.263 e. The van der Waals surface area contributed by atoms with Gasteiger partial charge in [0, 0.05) is 23.1 Å². The third-order valence-corrected chi connectivity index (χ3v) is 5.56. The second-order valence-electron chi connectivity index (χ2n) is 7.63. The summed E-state index contributed by atoms with van der Waals surface area (Å²) in [5, 5.41) is 1.63. The van der Waals surface area contributed by atoms with Crippen LogP contribution in [-0.4, -0.2) is 25.7 Å². The van der Waals surface area contributed by atoms with E-state index < -0.39 is 0 Å². The number of nitrogens with two attached hydrogens (primary N) is 1. The summed E-state index contributed by atoms with van der Waals surface area (Å²) in [6, 6.07) is 7.69. The van der Waals surface area contributed by atoms with Gasteiger partial charge in [-0.05, 0) is 38.0 Å². The van der Waals surface area contributed by atoms with E-state index in [4.69, 9.17) is 21.8 Å². The van der Waals surface area contributed by atoms with E-state index in [1.165, 1.54) is 12.5 Å². The van der Waals surface area contributed by atoms with Gasteiger partial charge in [0.2, 0.25) is 5.78 Å². The molecule has 4 aromatic rings. The van der Waals surface area contributed by atoms with E-state index in [-0.39, 0.29) is 17.7 Å². The normalized spacial score (nSPS) is 12.4. The Hall–Kier alpha value is -3.03. The van der Waals surface area contributed by atoms with Gasteiger partial charge in [-0.3, -0.25) is 9.78 Å². The number of hydrogen-bond donors (Lipinski definition) is 2. The van der Waals surface area contributed by atoms with E-state index in [1.807, 2.05) is 31.2 Å². The highest BCUT2D eigenvalue weighted by atomic mass is 35.5. The van der Waals surface area contributed by atoms with Gasteiger partial charge in [0.05, 0.1) is 34.7 Å². The van der Waals surface area contributed by atoms with Crippen LogP contribution in [0.25, 0.3) is 22.2 Å². The van der Waals surface area contributed by atoms with E-state index in [2.05, 4.69) is 19.9 Å². The van der Waals surface area contributed by atoms with Crippen molar-refractivity contribution in [3.63, 3.8) is 0 Å². The number of pyridine rings is 1. The molecule has 0 fully saturated rings. The molecule has 0 spiro atoms. The van der Waals surface area contributed by atoms with E-state index in [9.17, 15) is 4.79 Å². The fourth-order valence-corrected chi connectivity index (χ4v) is 3.81. The Kier molecular flexibility index (Phi) is 6.44. The molecule has 3 aromatic heterocycles. The van der Waals surface area contributed by atoms with Gasteiger partial charge in [-0.1, -0.05) is 30.5 Å². The summed E-state index contributed by atoms with van der Waals surface area (Å²) < 4.78 is 5.02. The number of rotatable bonds is 9. The zero-order valence-corrected chi connectivity index (χ0v) is 18.0. The maximum absolute atomic E-state index is 11.9. The molecule has 0 aliphatic rings. The van der Waals surface area contributed by atoms with Crippen molar-refractivity contribution in [2.24, 2.45) is 5.73 Å². The Balaban J connectivity index is 1.33. The first-order valence-corrected chi connectivity index (χ1v) is 10.7. The van der Waals surface area contributed by atoms with Crippen LogP contribution in [-0.2, 0) is 0 Å². The summed E-state index contributed by atoms with van der Waals surface area (Å²) >= 11 is 6.50. The van der Waals surface area contributed by atoms with E-state index in [1.54, 1.807) is 6.20 Å². The molecular formula is C23H24ClN5O2. The van der Waals surface area contributed by atoms with Gasteiger partial charge >= 0.3 is 0 Å². The molecule has 0 saturated carbocycles. The van der Waals surface area contributed by atoms with E-state index >= 15 is 0 Å². The molecule has 3 N–H and O–H groups in total. The summed E-state index contributed by atoms with van der Waals surface area (Å²) in [5.74, 6) is 0.838. The lowest BCUT2D eigenvalue weighted by atomic mass is 10.1. The van der Waals surface area contributed by atoms with Crippen LogP contribution < -0.4 is 5.73 Å². The van der Waals surface area contributed by atoms with E-state index in [0.29, 0.717) is 11.4 Å². The average Bonchev–Trinajstić information content (AvgIpc) is 3.45. The zero-order chi connectivity index (χ0) is 21.8. The van der Waals surface area contributed by atoms with Crippen molar-refractivity contribution in [1.82, 2.24) is 19.9 Å². The second-order valence-corrected chi connectivity index (χ2v) is 8.03. The van der Waals surface area contributed by atoms with Crippen LogP contribution >= 0.6 is 11.6 Å². The van der Waals surface area contributed by atoms with Gasteiger partial charge in [-0.25, -0.2) is 9.97 Å². The fourth-order valence-electron chi connectivity index (χ4n) is 3.55. The van der Waals surface area contributed by atoms with Crippen molar-refractivity contribution in [3.05, 3.63) is 65.4 Å². The van der Waals surface area contributed by atoms with Crippen molar-refractivity contribution >= 4 is 28.3 Å². The van der Waals surface area contributed by atoms with Crippen LogP contribution in [0.3, 0.4) is 0 Å². The number of Topliss-reactive ketones (excluding diaryl/α,β-unsaturated/α-hetero) is 1. The number of benzene rings is 1. The minimum atomic E-state index is -0.209. The molecule has 0 bridgehead atoms. The first kappa shape index (κ1) is 21.2. The SMILES string of the molecule is Cc1ccc2cc(-c3cnc([C@@H](N)CCCCCC(=O)c4ncco4)[nH]3)c(Cl)cc2n1. The van der Waals surface area contributed by atoms with Gasteiger partial charge in [0.1, 0.15) is 12.1 Å². The van der Waals surface area contributed by atoms with Crippen molar-refractivity contribution in [2.75, 3.05) is 0 Å². The molecule has 160 valence electrons. The number of carbonyl (C=O) groups excluding carboxylic acids is 1. The quantitative estimate of drug-likeness (QED) is 0.267. The van der Waals surface area contributed by atoms with Crippen LogP contribution in [0.15, 0.2) is 47.3 Å². The van der Waals surface area contributed by atoms with Gasteiger partial charge in [-0.2, -0.15) is 0 Å². The predicted octanol–water partition coefficient (Wildman–Crippen LogP) is 5.41. The number of nitrogens with one attached hydrogen (secondary N) is 1. The Labute approximate surface area is 185 Å². The number of halogens is 1. The largest absolute Gasteiger partial charge is 0.442 e. The summed E-state index contributed by atoms with van der Waals surface area (Å²) in [5.41, 5.74) is 9.84. The summed E-state index contributed by atoms with van der Waals surface area (Å²) in [4.78, 5) is 28.0. The van der Waals surface area contributed by atoms with Crippen molar-refractivity contribution < 1.29 is 9.21 Å². The summed E-state index contributed by atoms with van der Waals surface area (Å²) in [7, 11) is 0. The van der Waals surface area contributed by atoms with Gasteiger partial charge < -0.3 is 15.1 Å². The summed E-state index contributed by atoms with van der Waals surface area (Å²) in [6.45, 7) is 1.96. The Bertz CT molecular complexity index is 1190. The number of carbonyl (C=O) groups is 1. The number of hydrogen-bond acceptors (Lipinski definition) is 6. The molecule has 0 aliphatic carbocycles. The van der Waals surface area contributed by atoms with Crippen molar-refractivity contribution in [2.45, 2.75) is 45.1 Å². The molecule has 4 rings (SSSR count). The lowest BCUT2D eigenvalue weighted by Gasteiger charge is -2.09. The second kappa shape index (κ2) is 9.41. The van der Waals surface area contributed by atoms with Crippen LogP contribution in [0, 0.1) is 6.92 Å². The number of aromatic nitrogens is 4. The first-order chi connectivity index (χ1) is 15.0. The van der Waals surface area contributed by atoms with Gasteiger partial charge in [0.15, 0.2) is 0 Å². The number of ketones is 1. The number of aromatic amines is 1. The van der Waals surface area contributed by atoms with Crippen molar-refractivity contribution in [3.8, 4) is 11.3 Å². The molecular weight excluding hydrogens is 414 g/mol. The highest BCUT2D eigenvalue weighted by Gasteiger charge is 2.14. The lowest BCUT2D eigenvalue weighted by molar-refractivity contribution is 0.0945. The molecule has 0 amide bonds. The van der Waals surface area contributed by atoms with Crippen LogP contribution in [0.2, 0.25) is 5.02 Å². The first-order valence-electron chi connectivity index (χ1n) is 10.3. The molecule has 7 nitrogen and oxygen atoms in total. The third kappa shape index (κ3) is 5.00. The minimum Gasteiger partial charge on any atom is -0.442 e. The van der Waals surface area contributed by atoms with Gasteiger partial charge in [-0.15, -0.1) is 0 Å². The highest BCUT2D eigenvalue weighted by molar-refractivity contribution is 6.34. The number of aryl methyl sites for hydroxylation is 1. The highest BCUT2D eigenvalue weighted by Crippen LogP contribution is 2.31. The maximum atomic E-state index is 11.9. The molecule has 1 atom stereocenters. The molecule has 0 unspecified atom stereocenters. The van der Waals surface area contributed by atoms with E-state index in [0.717, 1.165) is 59.4 Å². The molecule has 31 heavy (non-hydrogen) atoms. The number of nitrogens with zero attached hydrogens (tertiary/aromatic N) is 3. The predicted molar refractivity (Wildman–Crippen MR) is 120 cm³/mol. The molecule has 0 radical (unpaired) electrons. The smallest absolute Gasteiger partial charge is 0.263 e. The minimum absolute atomic E-state index is 0.0670. The number of unbranched alkanes of at least 4 members (excludes halogenated alkanes) is 2. The lowest BCUT2D eigenvalue weighted by Crippen LogP contribution is -2.12. The van der Waals surface area contributed by atoms with Gasteiger partial charge in [0.25, 0.3) is 5.89 Å². The number of fused-ring (bicyclic) bond motifs is 1. The zero-order valence-electron chi connectivity index (χ0n) is 17.3. The standard InChI is InChI=1S/C23H24ClN5O2/c1-14-7-8-15-11-16(17(24)12-19(15)28-14)20-13-27-22(29-20)18(25)5-3-2-4-6-21(30)23-26-9-10-31-23/h7-13,18H,2-6,25H2,1H3,(H,27,29)/t18-/m0/s1. The molecule has 0 saturated heterocycles. The molecule has 8 heteroatoms. The topological polar surface area (TPSA) is 111 Å². The molecule has 3 heterocycles.